The van der Waals surface area contributed by atoms with Crippen LogP contribution in [0.2, 0.25) is 0 Å². The van der Waals surface area contributed by atoms with Crippen LogP contribution in [0.1, 0.15) is 13.8 Å². The van der Waals surface area contributed by atoms with Gasteiger partial charge in [-0.1, -0.05) is 0 Å². The molecule has 1 aliphatic rings. The van der Waals surface area contributed by atoms with E-state index in [1.54, 1.807) is 0 Å². The second kappa shape index (κ2) is 4.24. The highest BCUT2D eigenvalue weighted by molar-refractivity contribution is 4.80. The molecule has 2 heteroatoms. The van der Waals surface area contributed by atoms with Crippen molar-refractivity contribution in [3.05, 3.63) is 13.8 Å². The number of piperazine rings is 1. The third-order valence-electron chi connectivity index (χ3n) is 2.60. The van der Waals surface area contributed by atoms with Crippen LogP contribution in [-0.4, -0.2) is 48.1 Å². The molecule has 2 unspecified atom stereocenters. The summed E-state index contributed by atoms with van der Waals surface area (Å²) in [6.07, 6.45) is 0. The van der Waals surface area contributed by atoms with E-state index in [1.807, 2.05) is 0 Å². The van der Waals surface area contributed by atoms with Gasteiger partial charge in [0.25, 0.3) is 0 Å². The lowest BCUT2D eigenvalue weighted by molar-refractivity contribution is 0.102. The van der Waals surface area contributed by atoms with E-state index in [4.69, 9.17) is 0 Å². The van der Waals surface area contributed by atoms with Gasteiger partial charge in [-0.15, -0.1) is 0 Å². The minimum absolute atomic E-state index is 0.451. The smallest absolute Gasteiger partial charge is 0.0113 e. The summed E-state index contributed by atoms with van der Waals surface area (Å²) in [5.41, 5.74) is 0. The molecule has 1 aliphatic heterocycles. The van der Waals surface area contributed by atoms with Gasteiger partial charge in [0.2, 0.25) is 0 Å². The average Bonchev–Trinajstić information content (AvgIpc) is 2.04. The molecule has 2 atom stereocenters. The van der Waals surface area contributed by atoms with Crippen LogP contribution < -0.4 is 0 Å². The predicted molar refractivity (Wildman–Crippen MR) is 52.8 cm³/mol. The van der Waals surface area contributed by atoms with Gasteiger partial charge in [0.1, 0.15) is 0 Å². The van der Waals surface area contributed by atoms with Crippen molar-refractivity contribution in [2.45, 2.75) is 25.9 Å². The SMILES string of the molecule is [CH2]C(C)N1CCN(C([CH2])C)CC1. The average molecular weight is 168 g/mol. The molecule has 2 nitrogen and oxygen atoms in total. The van der Waals surface area contributed by atoms with Gasteiger partial charge in [-0.25, -0.2) is 0 Å². The standard InChI is InChI=1S/C10H20N2/c1-9(2)11-5-7-12(8-6-11)10(3)4/h9-10H,1,3,5-8H2,2,4H3. The molecule has 0 aliphatic carbocycles. The largest absolute Gasteiger partial charge is 0.298 e. The van der Waals surface area contributed by atoms with Crippen molar-refractivity contribution < 1.29 is 0 Å². The number of rotatable bonds is 2. The molecular weight excluding hydrogens is 148 g/mol. The van der Waals surface area contributed by atoms with Crippen molar-refractivity contribution in [1.29, 1.82) is 0 Å². The van der Waals surface area contributed by atoms with Crippen molar-refractivity contribution in [2.75, 3.05) is 26.2 Å². The molecule has 0 bridgehead atoms. The van der Waals surface area contributed by atoms with Crippen molar-refractivity contribution in [2.24, 2.45) is 0 Å². The lowest BCUT2D eigenvalue weighted by atomic mass is 10.2. The van der Waals surface area contributed by atoms with E-state index in [9.17, 15) is 0 Å². The predicted octanol–water partition coefficient (Wildman–Crippen LogP) is 1.05. The van der Waals surface area contributed by atoms with Crippen LogP contribution in [0.15, 0.2) is 0 Å². The molecule has 0 spiro atoms. The van der Waals surface area contributed by atoms with Crippen LogP contribution in [0.5, 0.6) is 0 Å². The van der Waals surface area contributed by atoms with Gasteiger partial charge in [0, 0.05) is 38.3 Å². The maximum atomic E-state index is 4.02. The maximum absolute atomic E-state index is 4.02. The van der Waals surface area contributed by atoms with Crippen LogP contribution in [0.25, 0.3) is 0 Å². The summed E-state index contributed by atoms with van der Waals surface area (Å²) in [5.74, 6) is 0. The first-order chi connectivity index (χ1) is 5.61. The molecule has 0 aromatic rings. The number of hydrogen-bond acceptors (Lipinski definition) is 2. The summed E-state index contributed by atoms with van der Waals surface area (Å²) < 4.78 is 0. The quantitative estimate of drug-likeness (QED) is 0.608. The Hall–Kier alpha value is -0.0800. The fourth-order valence-electron chi connectivity index (χ4n) is 1.62. The minimum atomic E-state index is 0.451. The third kappa shape index (κ3) is 2.46. The molecule has 0 aromatic heterocycles. The molecule has 1 rings (SSSR count). The molecule has 1 fully saturated rings. The molecule has 1 saturated heterocycles. The molecule has 0 amide bonds. The van der Waals surface area contributed by atoms with E-state index < -0.39 is 0 Å². The van der Waals surface area contributed by atoms with Gasteiger partial charge in [-0.05, 0) is 27.7 Å². The van der Waals surface area contributed by atoms with Crippen molar-refractivity contribution in [3.63, 3.8) is 0 Å². The summed E-state index contributed by atoms with van der Waals surface area (Å²) in [4.78, 5) is 4.83. The van der Waals surface area contributed by atoms with E-state index in [0.29, 0.717) is 12.1 Å². The monoisotopic (exact) mass is 168 g/mol. The molecule has 12 heavy (non-hydrogen) atoms. The van der Waals surface area contributed by atoms with E-state index in [1.165, 1.54) is 0 Å². The minimum Gasteiger partial charge on any atom is -0.298 e. The van der Waals surface area contributed by atoms with E-state index in [0.717, 1.165) is 26.2 Å². The van der Waals surface area contributed by atoms with Gasteiger partial charge in [-0.3, -0.25) is 9.80 Å². The Kier molecular flexibility index (Phi) is 3.53. The Bertz CT molecular complexity index is 108. The lowest BCUT2D eigenvalue weighted by Gasteiger charge is -2.38. The molecule has 0 aromatic carbocycles. The van der Waals surface area contributed by atoms with Crippen LogP contribution in [-0.2, 0) is 0 Å². The Balaban J connectivity index is 2.30. The first kappa shape index (κ1) is 10.0. The molecule has 0 N–H and O–H groups in total. The lowest BCUT2D eigenvalue weighted by Crippen LogP contribution is -2.50. The first-order valence-electron chi connectivity index (χ1n) is 4.75. The van der Waals surface area contributed by atoms with Crippen LogP contribution in [0.3, 0.4) is 0 Å². The highest BCUT2D eigenvalue weighted by atomic mass is 15.3. The second-order valence-electron chi connectivity index (χ2n) is 3.77. The zero-order chi connectivity index (χ0) is 9.14. The molecule has 1 heterocycles. The van der Waals surface area contributed by atoms with Crippen molar-refractivity contribution in [3.8, 4) is 0 Å². The normalized spacial score (nSPS) is 22.5. The fraction of sp³-hybridized carbons (Fsp3) is 0.800. The van der Waals surface area contributed by atoms with E-state index >= 15 is 0 Å². The van der Waals surface area contributed by atoms with Crippen LogP contribution >= 0.6 is 0 Å². The summed E-state index contributed by atoms with van der Waals surface area (Å²) >= 11 is 0. The topological polar surface area (TPSA) is 6.48 Å². The zero-order valence-corrected chi connectivity index (χ0v) is 8.29. The third-order valence-corrected chi connectivity index (χ3v) is 2.60. The van der Waals surface area contributed by atoms with E-state index in [-0.39, 0.29) is 0 Å². The Labute approximate surface area is 76.5 Å². The zero-order valence-electron chi connectivity index (χ0n) is 8.29. The van der Waals surface area contributed by atoms with Gasteiger partial charge in [-0.2, -0.15) is 0 Å². The first-order valence-corrected chi connectivity index (χ1v) is 4.75. The molecule has 0 saturated carbocycles. The van der Waals surface area contributed by atoms with Gasteiger partial charge in [0.15, 0.2) is 0 Å². The molecule has 70 valence electrons. The van der Waals surface area contributed by atoms with Gasteiger partial charge < -0.3 is 0 Å². The Morgan fingerprint density at radius 3 is 1.25 bits per heavy atom. The highest BCUT2D eigenvalue weighted by Crippen LogP contribution is 2.07. The van der Waals surface area contributed by atoms with Crippen molar-refractivity contribution >= 4 is 0 Å². The maximum Gasteiger partial charge on any atom is 0.0113 e. The summed E-state index contributed by atoms with van der Waals surface area (Å²) in [7, 11) is 0. The summed E-state index contributed by atoms with van der Waals surface area (Å²) in [6.45, 7) is 16.9. The summed E-state index contributed by atoms with van der Waals surface area (Å²) in [5, 5.41) is 0. The van der Waals surface area contributed by atoms with Gasteiger partial charge in [0.05, 0.1) is 0 Å². The fourth-order valence-corrected chi connectivity index (χ4v) is 1.62. The van der Waals surface area contributed by atoms with Crippen molar-refractivity contribution in [1.82, 2.24) is 9.80 Å². The van der Waals surface area contributed by atoms with E-state index in [2.05, 4.69) is 37.5 Å². The molecular formula is C10H20N2. The second-order valence-corrected chi connectivity index (χ2v) is 3.77. The van der Waals surface area contributed by atoms with Crippen LogP contribution in [0.4, 0.5) is 0 Å². The Morgan fingerprint density at radius 1 is 0.833 bits per heavy atom. The van der Waals surface area contributed by atoms with Gasteiger partial charge >= 0.3 is 0 Å². The number of nitrogens with zero attached hydrogens (tertiary/aromatic N) is 2. The molecule has 2 radical (unpaired) electrons. The van der Waals surface area contributed by atoms with Crippen LogP contribution in [0, 0.1) is 13.8 Å². The summed E-state index contributed by atoms with van der Waals surface area (Å²) in [6, 6.07) is 0.902. The highest BCUT2D eigenvalue weighted by Gasteiger charge is 2.19. The Morgan fingerprint density at radius 2 is 1.08 bits per heavy atom. The number of hydrogen-bond donors (Lipinski definition) is 0.